The Morgan fingerprint density at radius 1 is 1.00 bits per heavy atom. The Morgan fingerprint density at radius 2 is 1.75 bits per heavy atom. The standard InChI is InChI=1S/C21H29N3O4/c1-5-22-21(23-13-15-7-6-8-16(11-15)26-2)24-14-19(25)18-12-17(27-3)9-10-20(18)28-4/h6-12,19,25H,5,13-14H2,1-4H3,(H2,22,23,24). The van der Waals surface area contributed by atoms with Crippen molar-refractivity contribution in [2.24, 2.45) is 4.99 Å². The Kier molecular flexibility index (Phi) is 8.42. The summed E-state index contributed by atoms with van der Waals surface area (Å²) in [6.45, 7) is 3.46. The minimum absolute atomic E-state index is 0.271. The number of nitrogens with one attached hydrogen (secondary N) is 2. The van der Waals surface area contributed by atoms with Crippen LogP contribution in [0.15, 0.2) is 47.5 Å². The Labute approximate surface area is 166 Å². The van der Waals surface area contributed by atoms with Crippen LogP contribution in [-0.4, -0.2) is 45.5 Å². The summed E-state index contributed by atoms with van der Waals surface area (Å²) in [5.74, 6) is 2.68. The molecule has 0 spiro atoms. The zero-order valence-corrected chi connectivity index (χ0v) is 16.9. The molecule has 3 N–H and O–H groups in total. The van der Waals surface area contributed by atoms with Gasteiger partial charge in [0, 0.05) is 18.7 Å². The molecule has 0 radical (unpaired) electrons. The van der Waals surface area contributed by atoms with Crippen molar-refractivity contribution in [2.45, 2.75) is 19.6 Å². The number of aliphatic hydroxyl groups excluding tert-OH is 1. The van der Waals surface area contributed by atoms with E-state index in [1.807, 2.05) is 31.2 Å². The van der Waals surface area contributed by atoms with Gasteiger partial charge in [0.2, 0.25) is 0 Å². The van der Waals surface area contributed by atoms with Gasteiger partial charge in [-0.05, 0) is 42.8 Å². The highest BCUT2D eigenvalue weighted by atomic mass is 16.5. The van der Waals surface area contributed by atoms with E-state index in [0.29, 0.717) is 36.1 Å². The number of benzene rings is 2. The van der Waals surface area contributed by atoms with Crippen molar-refractivity contribution < 1.29 is 19.3 Å². The van der Waals surface area contributed by atoms with Crippen molar-refractivity contribution in [3.05, 3.63) is 53.6 Å². The summed E-state index contributed by atoms with van der Waals surface area (Å²) in [5, 5.41) is 17.0. The Balaban J connectivity index is 2.05. The third-order valence-electron chi connectivity index (χ3n) is 4.16. The average molecular weight is 387 g/mol. The second kappa shape index (κ2) is 11.0. The van der Waals surface area contributed by atoms with E-state index in [2.05, 4.69) is 15.6 Å². The fourth-order valence-electron chi connectivity index (χ4n) is 2.69. The van der Waals surface area contributed by atoms with Crippen LogP contribution in [0.25, 0.3) is 0 Å². The molecule has 152 valence electrons. The summed E-state index contributed by atoms with van der Waals surface area (Å²) in [5.41, 5.74) is 1.68. The van der Waals surface area contributed by atoms with E-state index in [0.717, 1.165) is 11.3 Å². The van der Waals surface area contributed by atoms with Gasteiger partial charge in [-0.25, -0.2) is 4.99 Å². The first-order valence-electron chi connectivity index (χ1n) is 9.16. The van der Waals surface area contributed by atoms with Crippen LogP contribution >= 0.6 is 0 Å². The molecule has 1 unspecified atom stereocenters. The van der Waals surface area contributed by atoms with Crippen molar-refractivity contribution in [1.29, 1.82) is 0 Å². The van der Waals surface area contributed by atoms with E-state index in [-0.39, 0.29) is 6.54 Å². The monoisotopic (exact) mass is 387 g/mol. The number of nitrogens with zero attached hydrogens (tertiary/aromatic N) is 1. The fourth-order valence-corrected chi connectivity index (χ4v) is 2.69. The van der Waals surface area contributed by atoms with Gasteiger partial charge in [-0.15, -0.1) is 0 Å². The number of ether oxygens (including phenoxy) is 3. The van der Waals surface area contributed by atoms with Gasteiger partial charge in [0.15, 0.2) is 5.96 Å². The highest BCUT2D eigenvalue weighted by Gasteiger charge is 2.15. The highest BCUT2D eigenvalue weighted by molar-refractivity contribution is 5.79. The summed E-state index contributed by atoms with van der Waals surface area (Å²) in [6.07, 6.45) is -0.786. The Morgan fingerprint density at radius 3 is 2.43 bits per heavy atom. The number of aliphatic hydroxyl groups is 1. The molecule has 2 aromatic carbocycles. The average Bonchev–Trinajstić information content (AvgIpc) is 2.75. The largest absolute Gasteiger partial charge is 0.497 e. The number of hydrogen-bond donors (Lipinski definition) is 3. The van der Waals surface area contributed by atoms with Gasteiger partial charge < -0.3 is 30.0 Å². The Hall–Kier alpha value is -2.93. The van der Waals surface area contributed by atoms with Gasteiger partial charge in [0.25, 0.3) is 0 Å². The second-order valence-electron chi connectivity index (χ2n) is 6.05. The quantitative estimate of drug-likeness (QED) is 0.453. The van der Waals surface area contributed by atoms with Crippen molar-refractivity contribution >= 4 is 5.96 Å². The summed E-state index contributed by atoms with van der Waals surface area (Å²) in [7, 11) is 4.80. The molecule has 0 aliphatic carbocycles. The number of aliphatic imine (C=N–C) groups is 1. The molecule has 0 saturated heterocycles. The first kappa shape index (κ1) is 21.4. The van der Waals surface area contributed by atoms with E-state index in [9.17, 15) is 5.11 Å². The van der Waals surface area contributed by atoms with E-state index in [1.54, 1.807) is 39.5 Å². The van der Waals surface area contributed by atoms with E-state index in [1.165, 1.54) is 0 Å². The molecule has 28 heavy (non-hydrogen) atoms. The molecule has 7 nitrogen and oxygen atoms in total. The number of methoxy groups -OCH3 is 3. The van der Waals surface area contributed by atoms with E-state index in [4.69, 9.17) is 14.2 Å². The maximum absolute atomic E-state index is 10.6. The first-order valence-corrected chi connectivity index (χ1v) is 9.16. The predicted octanol–water partition coefficient (Wildman–Crippen LogP) is 2.50. The molecule has 7 heteroatoms. The Bertz CT molecular complexity index is 780. The number of rotatable bonds is 9. The zero-order valence-electron chi connectivity index (χ0n) is 16.9. The van der Waals surface area contributed by atoms with Gasteiger partial charge >= 0.3 is 0 Å². The molecule has 0 amide bonds. The van der Waals surface area contributed by atoms with Crippen LogP contribution in [0.1, 0.15) is 24.2 Å². The summed E-state index contributed by atoms with van der Waals surface area (Å²) in [6, 6.07) is 13.1. The molecule has 1 atom stereocenters. The molecular weight excluding hydrogens is 358 g/mol. The van der Waals surface area contributed by atoms with Crippen LogP contribution in [-0.2, 0) is 6.54 Å². The minimum atomic E-state index is -0.786. The third kappa shape index (κ3) is 6.06. The summed E-state index contributed by atoms with van der Waals surface area (Å²) >= 11 is 0. The first-order chi connectivity index (χ1) is 13.6. The molecule has 2 aromatic rings. The lowest BCUT2D eigenvalue weighted by molar-refractivity contribution is 0.176. The lowest BCUT2D eigenvalue weighted by Crippen LogP contribution is -2.39. The summed E-state index contributed by atoms with van der Waals surface area (Å²) in [4.78, 5) is 4.57. The SMILES string of the molecule is CCNC(=NCc1cccc(OC)c1)NCC(O)c1cc(OC)ccc1OC. The van der Waals surface area contributed by atoms with Crippen molar-refractivity contribution in [3.63, 3.8) is 0 Å². The summed E-state index contributed by atoms with van der Waals surface area (Å²) < 4.78 is 15.8. The van der Waals surface area contributed by atoms with Gasteiger partial charge in [0.1, 0.15) is 17.2 Å². The maximum Gasteiger partial charge on any atom is 0.191 e. The molecule has 0 aromatic heterocycles. The molecule has 0 saturated carbocycles. The van der Waals surface area contributed by atoms with Gasteiger partial charge in [-0.2, -0.15) is 0 Å². The van der Waals surface area contributed by atoms with Gasteiger partial charge in [-0.3, -0.25) is 0 Å². The molecule has 0 aliphatic rings. The number of guanidine groups is 1. The topological polar surface area (TPSA) is 84.3 Å². The van der Waals surface area contributed by atoms with Crippen molar-refractivity contribution in [2.75, 3.05) is 34.4 Å². The fraction of sp³-hybridized carbons (Fsp3) is 0.381. The lowest BCUT2D eigenvalue weighted by atomic mass is 10.1. The lowest BCUT2D eigenvalue weighted by Gasteiger charge is -2.18. The van der Waals surface area contributed by atoms with Crippen LogP contribution in [0.4, 0.5) is 0 Å². The van der Waals surface area contributed by atoms with Crippen LogP contribution in [0, 0.1) is 0 Å². The van der Waals surface area contributed by atoms with Crippen LogP contribution in [0.5, 0.6) is 17.2 Å². The molecule has 0 heterocycles. The van der Waals surface area contributed by atoms with E-state index < -0.39 is 6.10 Å². The number of hydrogen-bond acceptors (Lipinski definition) is 5. The predicted molar refractivity (Wildman–Crippen MR) is 110 cm³/mol. The normalized spacial score (nSPS) is 12.2. The van der Waals surface area contributed by atoms with Crippen LogP contribution < -0.4 is 24.8 Å². The second-order valence-corrected chi connectivity index (χ2v) is 6.05. The third-order valence-corrected chi connectivity index (χ3v) is 4.16. The molecule has 0 fully saturated rings. The molecular formula is C21H29N3O4. The van der Waals surface area contributed by atoms with Crippen molar-refractivity contribution in [1.82, 2.24) is 10.6 Å². The smallest absolute Gasteiger partial charge is 0.191 e. The molecule has 2 rings (SSSR count). The van der Waals surface area contributed by atoms with Crippen LogP contribution in [0.3, 0.4) is 0 Å². The van der Waals surface area contributed by atoms with Gasteiger partial charge in [-0.1, -0.05) is 12.1 Å². The molecule has 0 bridgehead atoms. The minimum Gasteiger partial charge on any atom is -0.497 e. The van der Waals surface area contributed by atoms with Crippen LogP contribution in [0.2, 0.25) is 0 Å². The van der Waals surface area contributed by atoms with Gasteiger partial charge in [0.05, 0.1) is 34.0 Å². The zero-order chi connectivity index (χ0) is 20.4. The molecule has 0 aliphatic heterocycles. The maximum atomic E-state index is 10.6. The van der Waals surface area contributed by atoms with Crippen molar-refractivity contribution in [3.8, 4) is 17.2 Å². The highest BCUT2D eigenvalue weighted by Crippen LogP contribution is 2.29. The van der Waals surface area contributed by atoms with E-state index >= 15 is 0 Å².